The van der Waals surface area contributed by atoms with Crippen molar-refractivity contribution in [2.24, 2.45) is 0 Å². The topological polar surface area (TPSA) is 60.4 Å². The van der Waals surface area contributed by atoms with Gasteiger partial charge in [-0.05, 0) is 44.5 Å². The number of carbonyl (C=O) groups is 2. The van der Waals surface area contributed by atoms with Crippen LogP contribution in [0.5, 0.6) is 5.75 Å². The first-order chi connectivity index (χ1) is 14.3. The van der Waals surface area contributed by atoms with E-state index in [0.717, 1.165) is 0 Å². The van der Waals surface area contributed by atoms with Gasteiger partial charge in [-0.15, -0.1) is 0 Å². The molecule has 0 amide bonds. The number of hydrogen-bond acceptors (Lipinski definition) is 4. The molecule has 152 valence electrons. The number of rotatable bonds is 6. The molecule has 0 bridgehead atoms. The first-order valence-electron chi connectivity index (χ1n) is 9.32. The van der Waals surface area contributed by atoms with Gasteiger partial charge in [-0.2, -0.15) is 0 Å². The van der Waals surface area contributed by atoms with Crippen molar-refractivity contribution in [1.29, 1.82) is 0 Å². The number of hydrogen-bond donors (Lipinski definition) is 0. The zero-order valence-corrected chi connectivity index (χ0v) is 18.8. The van der Waals surface area contributed by atoms with Crippen LogP contribution in [-0.2, 0) is 4.57 Å². The molecule has 0 saturated carbocycles. The molecule has 30 heavy (non-hydrogen) atoms. The first-order valence-corrected chi connectivity index (χ1v) is 11.0. The zero-order valence-electron chi connectivity index (χ0n) is 17.2. The molecule has 0 radical (unpaired) electrons. The molecule has 0 aliphatic heterocycles. The lowest BCUT2D eigenvalue weighted by Gasteiger charge is -2.11. The summed E-state index contributed by atoms with van der Waals surface area (Å²) in [6, 6.07) is 15.5. The Kier molecular flexibility index (Phi) is 6.50. The zero-order chi connectivity index (χ0) is 22.0. The van der Waals surface area contributed by atoms with Gasteiger partial charge in [0.1, 0.15) is 11.3 Å². The molecule has 0 N–H and O–H groups in total. The molecule has 0 fully saturated rings. The van der Waals surface area contributed by atoms with Crippen LogP contribution in [0.25, 0.3) is 0 Å². The number of ketones is 1. The Morgan fingerprint density at radius 1 is 0.933 bits per heavy atom. The summed E-state index contributed by atoms with van der Waals surface area (Å²) in [5.41, 5.74) is 2.60. The predicted octanol–water partition coefficient (Wildman–Crippen LogP) is 5.80. The van der Waals surface area contributed by atoms with E-state index in [2.05, 4.69) is 0 Å². The van der Waals surface area contributed by atoms with Crippen molar-refractivity contribution < 1.29 is 18.9 Å². The number of methoxy groups -OCH3 is 1. The lowest BCUT2D eigenvalue weighted by Crippen LogP contribution is -2.17. The van der Waals surface area contributed by atoms with E-state index in [1.54, 1.807) is 57.2 Å². The molecular weight excluding hydrogens is 419 g/mol. The molecule has 3 rings (SSSR count). The lowest BCUT2D eigenvalue weighted by atomic mass is 9.94. The monoisotopic (exact) mass is 439 g/mol. The summed E-state index contributed by atoms with van der Waals surface area (Å²) in [7, 11) is -1.03. The van der Waals surface area contributed by atoms with E-state index < -0.39 is 13.3 Å². The van der Waals surface area contributed by atoms with E-state index in [-0.39, 0.29) is 22.1 Å². The molecule has 0 heterocycles. The average molecular weight is 440 g/mol. The van der Waals surface area contributed by atoms with Crippen molar-refractivity contribution in [2.45, 2.75) is 20.8 Å². The number of aryl methyl sites for hydroxylation is 1. The van der Waals surface area contributed by atoms with Crippen molar-refractivity contribution in [3.8, 4) is 5.75 Å². The van der Waals surface area contributed by atoms with Crippen LogP contribution >= 0.6 is 19.4 Å². The molecule has 0 aromatic heterocycles. The molecule has 0 spiro atoms. The van der Waals surface area contributed by atoms with E-state index in [1.807, 2.05) is 18.2 Å². The Bertz CT molecular complexity index is 1170. The minimum atomic E-state index is -2.46. The normalized spacial score (nSPS) is 11.2. The molecule has 3 aromatic carbocycles. The van der Waals surface area contributed by atoms with E-state index in [4.69, 9.17) is 16.3 Å². The number of halogens is 1. The molecule has 0 aliphatic rings. The Morgan fingerprint density at radius 3 is 2.23 bits per heavy atom. The van der Waals surface area contributed by atoms with Crippen LogP contribution in [0.1, 0.15) is 43.0 Å². The molecular formula is C24H21ClO4P+. The van der Waals surface area contributed by atoms with E-state index >= 15 is 0 Å². The van der Waals surface area contributed by atoms with Crippen molar-refractivity contribution in [3.63, 3.8) is 0 Å². The SMILES string of the molecule is COc1cccc(Cl)c1C(=O)[P+](=O)c1c(C)cc(C(=O)c2ccccc2)c(C)c1C. The lowest BCUT2D eigenvalue weighted by molar-refractivity contribution is 0.103. The second kappa shape index (κ2) is 8.91. The number of carbonyl (C=O) groups excluding carboxylic acids is 2. The van der Waals surface area contributed by atoms with Crippen molar-refractivity contribution in [3.05, 3.63) is 93.0 Å². The van der Waals surface area contributed by atoms with Crippen LogP contribution in [0.3, 0.4) is 0 Å². The molecule has 6 heteroatoms. The fraction of sp³-hybridized carbons (Fsp3) is 0.167. The van der Waals surface area contributed by atoms with Gasteiger partial charge in [0.25, 0.3) is 0 Å². The Balaban J connectivity index is 2.08. The van der Waals surface area contributed by atoms with Gasteiger partial charge in [-0.1, -0.05) is 52.6 Å². The standard InChI is InChI=1S/C24H21ClO4P/c1-14-13-18(22(26)17-9-6-5-7-10-17)15(2)16(3)23(14)30(28)24(27)21-19(25)11-8-12-20(21)29-4/h5-13H,1-4H3/q+1. The molecule has 1 atom stereocenters. The van der Waals surface area contributed by atoms with Crippen LogP contribution in [0.15, 0.2) is 54.6 Å². The Hall–Kier alpha value is -2.81. The number of benzene rings is 3. The van der Waals surface area contributed by atoms with Crippen LogP contribution in [0.4, 0.5) is 0 Å². The summed E-state index contributed by atoms with van der Waals surface area (Å²) in [4.78, 5) is 26.0. The van der Waals surface area contributed by atoms with Crippen molar-refractivity contribution >= 4 is 36.0 Å². The van der Waals surface area contributed by atoms with Gasteiger partial charge in [-0.25, -0.2) is 4.79 Å². The first kappa shape index (κ1) is 21.9. The van der Waals surface area contributed by atoms with Gasteiger partial charge in [0, 0.05) is 22.3 Å². The summed E-state index contributed by atoms with van der Waals surface area (Å²) in [5, 5.41) is 0.615. The summed E-state index contributed by atoms with van der Waals surface area (Å²) < 4.78 is 18.5. The van der Waals surface area contributed by atoms with E-state index in [0.29, 0.717) is 33.1 Å². The van der Waals surface area contributed by atoms with E-state index in [9.17, 15) is 14.2 Å². The Labute approximate surface area is 181 Å². The summed E-state index contributed by atoms with van der Waals surface area (Å²) in [6.45, 7) is 5.34. The van der Waals surface area contributed by atoms with E-state index in [1.165, 1.54) is 7.11 Å². The smallest absolute Gasteiger partial charge is 0.459 e. The van der Waals surface area contributed by atoms with Crippen LogP contribution in [0, 0.1) is 20.8 Å². The largest absolute Gasteiger partial charge is 0.496 e. The summed E-state index contributed by atoms with van der Waals surface area (Å²) in [6.07, 6.45) is 0. The van der Waals surface area contributed by atoms with Crippen LogP contribution < -0.4 is 10.0 Å². The molecule has 3 aromatic rings. The fourth-order valence-corrected chi connectivity index (χ4v) is 5.26. The minimum Gasteiger partial charge on any atom is -0.496 e. The highest BCUT2D eigenvalue weighted by Crippen LogP contribution is 2.37. The predicted molar refractivity (Wildman–Crippen MR) is 120 cm³/mol. The Morgan fingerprint density at radius 2 is 1.60 bits per heavy atom. The third kappa shape index (κ3) is 3.94. The van der Waals surface area contributed by atoms with Gasteiger partial charge in [0.05, 0.1) is 12.1 Å². The maximum Gasteiger partial charge on any atom is 0.459 e. The average Bonchev–Trinajstić information content (AvgIpc) is 2.75. The highest BCUT2D eigenvalue weighted by molar-refractivity contribution is 7.71. The fourth-order valence-electron chi connectivity index (χ4n) is 3.45. The molecule has 0 saturated heterocycles. The number of ether oxygens (including phenoxy) is 1. The van der Waals surface area contributed by atoms with Gasteiger partial charge in [-0.3, -0.25) is 4.79 Å². The summed E-state index contributed by atoms with van der Waals surface area (Å²) >= 11 is 6.21. The molecule has 4 nitrogen and oxygen atoms in total. The van der Waals surface area contributed by atoms with Gasteiger partial charge in [0.15, 0.2) is 5.78 Å². The third-order valence-electron chi connectivity index (χ3n) is 5.13. The second-order valence-corrected chi connectivity index (χ2v) is 8.80. The second-order valence-electron chi connectivity index (χ2n) is 6.95. The highest BCUT2D eigenvalue weighted by Gasteiger charge is 2.40. The maximum atomic E-state index is 13.3. The molecule has 1 unspecified atom stereocenters. The van der Waals surface area contributed by atoms with Crippen LogP contribution in [0.2, 0.25) is 5.02 Å². The minimum absolute atomic E-state index is 0.101. The van der Waals surface area contributed by atoms with Gasteiger partial charge < -0.3 is 4.74 Å². The quantitative estimate of drug-likeness (QED) is 0.360. The molecule has 0 aliphatic carbocycles. The summed E-state index contributed by atoms with van der Waals surface area (Å²) in [5.74, 6) is 0.166. The van der Waals surface area contributed by atoms with Gasteiger partial charge >= 0.3 is 13.3 Å². The highest BCUT2D eigenvalue weighted by atomic mass is 35.5. The third-order valence-corrected chi connectivity index (χ3v) is 7.14. The maximum absolute atomic E-state index is 13.3. The van der Waals surface area contributed by atoms with Crippen LogP contribution in [-0.4, -0.2) is 18.4 Å². The van der Waals surface area contributed by atoms with Gasteiger partial charge in [0.2, 0.25) is 5.30 Å². The van der Waals surface area contributed by atoms with Crippen molar-refractivity contribution in [1.82, 2.24) is 0 Å². The van der Waals surface area contributed by atoms with Crippen molar-refractivity contribution in [2.75, 3.05) is 7.11 Å².